The van der Waals surface area contributed by atoms with E-state index >= 15 is 0 Å². The zero-order chi connectivity index (χ0) is 17.1. The Morgan fingerprint density at radius 1 is 1.42 bits per heavy atom. The van der Waals surface area contributed by atoms with Gasteiger partial charge in [0.15, 0.2) is 0 Å². The lowest BCUT2D eigenvalue weighted by molar-refractivity contribution is 0.0521. The topological polar surface area (TPSA) is 51.7 Å². The normalized spacial score (nSPS) is 14.9. The van der Waals surface area contributed by atoms with Gasteiger partial charge in [-0.2, -0.15) is 0 Å². The van der Waals surface area contributed by atoms with Crippen LogP contribution in [-0.4, -0.2) is 50.1 Å². The average molecular weight is 367 g/mol. The summed E-state index contributed by atoms with van der Waals surface area (Å²) in [5.74, 6) is -0.349. The van der Waals surface area contributed by atoms with Crippen molar-refractivity contribution in [3.8, 4) is 0 Å². The SMILES string of the molecule is CCOC(=O)c1c(SC)nc2ccc(Cl)cc2c1N1CCOCC1. The quantitative estimate of drug-likeness (QED) is 0.608. The molecular formula is C17H19ClN2O3S. The van der Waals surface area contributed by atoms with Crippen molar-refractivity contribution >= 4 is 45.9 Å². The molecule has 0 N–H and O–H groups in total. The van der Waals surface area contributed by atoms with Gasteiger partial charge in [-0.25, -0.2) is 9.78 Å². The molecule has 0 atom stereocenters. The van der Waals surface area contributed by atoms with E-state index in [-0.39, 0.29) is 5.97 Å². The fourth-order valence-corrected chi connectivity index (χ4v) is 3.59. The summed E-state index contributed by atoms with van der Waals surface area (Å²) < 4.78 is 10.8. The molecule has 0 aliphatic carbocycles. The first-order chi connectivity index (χ1) is 11.7. The van der Waals surface area contributed by atoms with Gasteiger partial charge in [-0.05, 0) is 31.4 Å². The molecule has 1 saturated heterocycles. The average Bonchev–Trinajstić information content (AvgIpc) is 2.61. The van der Waals surface area contributed by atoms with Gasteiger partial charge < -0.3 is 14.4 Å². The number of fused-ring (bicyclic) bond motifs is 1. The number of morpholine rings is 1. The molecular weight excluding hydrogens is 348 g/mol. The summed E-state index contributed by atoms with van der Waals surface area (Å²) in [5.41, 5.74) is 2.17. The minimum Gasteiger partial charge on any atom is -0.462 e. The van der Waals surface area contributed by atoms with Crippen LogP contribution in [0, 0.1) is 0 Å². The molecule has 1 aliphatic heterocycles. The minimum absolute atomic E-state index is 0.322. The summed E-state index contributed by atoms with van der Waals surface area (Å²) in [6, 6.07) is 5.56. The lowest BCUT2D eigenvalue weighted by atomic mass is 10.1. The highest BCUT2D eigenvalue weighted by Crippen LogP contribution is 2.37. The van der Waals surface area contributed by atoms with E-state index in [0.29, 0.717) is 48.5 Å². The van der Waals surface area contributed by atoms with Gasteiger partial charge in [-0.1, -0.05) is 11.6 Å². The number of rotatable bonds is 4. The molecule has 0 unspecified atom stereocenters. The summed E-state index contributed by atoms with van der Waals surface area (Å²) in [5, 5.41) is 2.15. The van der Waals surface area contributed by atoms with Crippen molar-refractivity contribution in [2.75, 3.05) is 44.1 Å². The highest BCUT2D eigenvalue weighted by atomic mass is 35.5. The Morgan fingerprint density at radius 3 is 2.83 bits per heavy atom. The Bertz CT molecular complexity index is 763. The molecule has 2 aromatic rings. The van der Waals surface area contributed by atoms with Crippen LogP contribution < -0.4 is 4.90 Å². The number of pyridine rings is 1. The van der Waals surface area contributed by atoms with Crippen LogP contribution in [0.4, 0.5) is 5.69 Å². The van der Waals surface area contributed by atoms with Crippen LogP contribution in [0.25, 0.3) is 10.9 Å². The van der Waals surface area contributed by atoms with E-state index in [1.165, 1.54) is 11.8 Å². The van der Waals surface area contributed by atoms with Gasteiger partial charge in [0.05, 0.1) is 31.0 Å². The van der Waals surface area contributed by atoms with Crippen LogP contribution in [0.3, 0.4) is 0 Å². The molecule has 128 valence electrons. The molecule has 3 rings (SSSR count). The Balaban J connectivity index is 2.29. The number of thioether (sulfide) groups is 1. The Labute approximate surface area is 150 Å². The number of halogens is 1. The predicted octanol–water partition coefficient (Wildman–Crippen LogP) is 3.62. The number of hydrogen-bond donors (Lipinski definition) is 0. The van der Waals surface area contributed by atoms with Gasteiger partial charge >= 0.3 is 5.97 Å². The second-order valence-electron chi connectivity index (χ2n) is 5.33. The third-order valence-corrected chi connectivity index (χ3v) is 4.80. The molecule has 0 saturated carbocycles. The lowest BCUT2D eigenvalue weighted by Crippen LogP contribution is -2.37. The van der Waals surface area contributed by atoms with Gasteiger partial charge in [0, 0.05) is 23.5 Å². The monoisotopic (exact) mass is 366 g/mol. The molecule has 2 heterocycles. The van der Waals surface area contributed by atoms with E-state index < -0.39 is 0 Å². The number of nitrogens with zero attached hydrogens (tertiary/aromatic N) is 2. The first-order valence-electron chi connectivity index (χ1n) is 7.82. The largest absolute Gasteiger partial charge is 0.462 e. The first-order valence-corrected chi connectivity index (χ1v) is 9.43. The molecule has 0 amide bonds. The van der Waals surface area contributed by atoms with Crippen molar-refractivity contribution in [1.82, 2.24) is 4.98 Å². The maximum absolute atomic E-state index is 12.7. The van der Waals surface area contributed by atoms with E-state index in [4.69, 9.17) is 21.1 Å². The highest BCUT2D eigenvalue weighted by molar-refractivity contribution is 7.98. The smallest absolute Gasteiger partial charge is 0.343 e. The van der Waals surface area contributed by atoms with Gasteiger partial charge in [0.25, 0.3) is 0 Å². The van der Waals surface area contributed by atoms with E-state index in [9.17, 15) is 4.79 Å². The minimum atomic E-state index is -0.349. The van der Waals surface area contributed by atoms with E-state index in [2.05, 4.69) is 9.88 Å². The van der Waals surface area contributed by atoms with E-state index in [0.717, 1.165) is 16.6 Å². The highest BCUT2D eigenvalue weighted by Gasteiger charge is 2.27. The number of hydrogen-bond acceptors (Lipinski definition) is 6. The fraction of sp³-hybridized carbons (Fsp3) is 0.412. The van der Waals surface area contributed by atoms with Crippen molar-refractivity contribution in [2.24, 2.45) is 0 Å². The van der Waals surface area contributed by atoms with Gasteiger partial charge in [0.1, 0.15) is 10.6 Å². The Kier molecular flexibility index (Phi) is 5.48. The number of benzene rings is 1. The standard InChI is InChI=1S/C17H19ClN2O3S/c1-3-23-17(21)14-15(20-6-8-22-9-7-20)12-10-11(18)4-5-13(12)19-16(14)24-2/h4-5,10H,3,6-9H2,1-2H3. The van der Waals surface area contributed by atoms with Gasteiger partial charge in [-0.3, -0.25) is 0 Å². The van der Waals surface area contributed by atoms with Crippen LogP contribution in [0.15, 0.2) is 23.2 Å². The van der Waals surface area contributed by atoms with Crippen molar-refractivity contribution < 1.29 is 14.3 Å². The number of aromatic nitrogens is 1. The van der Waals surface area contributed by atoms with Crippen molar-refractivity contribution in [3.63, 3.8) is 0 Å². The number of carbonyl (C=O) groups is 1. The first kappa shape index (κ1) is 17.3. The summed E-state index contributed by atoms with van der Waals surface area (Å²) >= 11 is 7.65. The molecule has 5 nitrogen and oxygen atoms in total. The second-order valence-corrected chi connectivity index (χ2v) is 6.56. The van der Waals surface area contributed by atoms with Crippen LogP contribution >= 0.6 is 23.4 Å². The maximum atomic E-state index is 12.7. The lowest BCUT2D eigenvalue weighted by Gasteiger charge is -2.31. The van der Waals surface area contributed by atoms with Gasteiger partial charge in [-0.15, -0.1) is 11.8 Å². The van der Waals surface area contributed by atoms with Gasteiger partial charge in [0.2, 0.25) is 0 Å². The van der Waals surface area contributed by atoms with Crippen LogP contribution in [-0.2, 0) is 9.47 Å². The number of ether oxygens (including phenoxy) is 2. The molecule has 0 bridgehead atoms. The third-order valence-electron chi connectivity index (χ3n) is 3.89. The fourth-order valence-electron chi connectivity index (χ4n) is 2.85. The van der Waals surface area contributed by atoms with Crippen LogP contribution in [0.2, 0.25) is 5.02 Å². The Morgan fingerprint density at radius 2 is 2.17 bits per heavy atom. The zero-order valence-electron chi connectivity index (χ0n) is 13.7. The van der Waals surface area contributed by atoms with Crippen LogP contribution in [0.1, 0.15) is 17.3 Å². The third kappa shape index (κ3) is 3.31. The number of esters is 1. The predicted molar refractivity (Wildman–Crippen MR) is 97.5 cm³/mol. The summed E-state index contributed by atoms with van der Waals surface area (Å²) in [4.78, 5) is 19.5. The molecule has 0 spiro atoms. The zero-order valence-corrected chi connectivity index (χ0v) is 15.2. The number of anilines is 1. The van der Waals surface area contributed by atoms with E-state index in [1.807, 2.05) is 24.5 Å². The van der Waals surface area contributed by atoms with Crippen LogP contribution in [0.5, 0.6) is 0 Å². The molecule has 1 aromatic heterocycles. The van der Waals surface area contributed by atoms with Crippen molar-refractivity contribution in [1.29, 1.82) is 0 Å². The van der Waals surface area contributed by atoms with Crippen molar-refractivity contribution in [3.05, 3.63) is 28.8 Å². The molecule has 1 aliphatic rings. The van der Waals surface area contributed by atoms with E-state index in [1.54, 1.807) is 6.92 Å². The molecule has 1 aromatic carbocycles. The molecule has 1 fully saturated rings. The molecule has 24 heavy (non-hydrogen) atoms. The maximum Gasteiger partial charge on any atom is 0.343 e. The van der Waals surface area contributed by atoms with Crippen molar-refractivity contribution in [2.45, 2.75) is 11.9 Å². The molecule has 0 radical (unpaired) electrons. The second kappa shape index (κ2) is 7.59. The summed E-state index contributed by atoms with van der Waals surface area (Å²) in [7, 11) is 0. The number of carbonyl (C=O) groups excluding carboxylic acids is 1. The summed E-state index contributed by atoms with van der Waals surface area (Å²) in [6.45, 7) is 4.80. The Hall–Kier alpha value is -1.50. The summed E-state index contributed by atoms with van der Waals surface area (Å²) in [6.07, 6.45) is 1.91. The molecule has 7 heteroatoms.